The maximum absolute atomic E-state index is 12.3. The molecule has 2 aromatic rings. The molecule has 1 aliphatic carbocycles. The summed E-state index contributed by atoms with van der Waals surface area (Å²) in [7, 11) is 0. The smallest absolute Gasteiger partial charge is 0.410 e. The van der Waals surface area contributed by atoms with E-state index in [1.54, 1.807) is 4.90 Å². The highest BCUT2D eigenvalue weighted by Gasteiger charge is 2.42. The Bertz CT molecular complexity index is 1030. The standard InChI is InChI=1S/C26H34N2O5/c1-5-26(12-13-26)17-31-22-9-7-19-21(27-33-23(19)20(22)16-29)8-6-18-10-14-28(15-11-18)24(30)32-25(2,3)4/h1,7,9,18,29H,6,8,10-17H2,2-4H3. The molecule has 7 nitrogen and oxygen atoms in total. The fourth-order valence-electron chi connectivity index (χ4n) is 4.33. The molecule has 0 atom stereocenters. The van der Waals surface area contributed by atoms with Crippen molar-refractivity contribution in [3.63, 3.8) is 0 Å². The third kappa shape index (κ3) is 5.44. The molecule has 1 amide bonds. The van der Waals surface area contributed by atoms with Crippen LogP contribution in [0.5, 0.6) is 5.75 Å². The summed E-state index contributed by atoms with van der Waals surface area (Å²) in [6, 6.07) is 3.83. The first-order valence-electron chi connectivity index (χ1n) is 11.8. The Morgan fingerprint density at radius 3 is 2.67 bits per heavy atom. The van der Waals surface area contributed by atoms with Gasteiger partial charge in [-0.2, -0.15) is 0 Å². The lowest BCUT2D eigenvalue weighted by atomic mass is 9.91. The third-order valence-electron chi connectivity index (χ3n) is 6.65. The van der Waals surface area contributed by atoms with Gasteiger partial charge in [-0.1, -0.05) is 11.1 Å². The number of hydrogen-bond acceptors (Lipinski definition) is 6. The summed E-state index contributed by atoms with van der Waals surface area (Å²) in [6.07, 6.45) is 11.0. The van der Waals surface area contributed by atoms with E-state index in [9.17, 15) is 9.90 Å². The third-order valence-corrected chi connectivity index (χ3v) is 6.65. The molecule has 4 rings (SSSR count). The first-order chi connectivity index (χ1) is 15.7. The average Bonchev–Trinajstić information content (AvgIpc) is 3.46. The molecular weight excluding hydrogens is 420 g/mol. The van der Waals surface area contributed by atoms with Crippen LogP contribution >= 0.6 is 0 Å². The van der Waals surface area contributed by atoms with E-state index in [2.05, 4.69) is 11.1 Å². The average molecular weight is 455 g/mol. The second-order valence-electron chi connectivity index (χ2n) is 10.4. The fraction of sp³-hybridized carbons (Fsp3) is 0.615. The summed E-state index contributed by atoms with van der Waals surface area (Å²) in [5, 5.41) is 15.2. The number of aliphatic hydroxyl groups is 1. The highest BCUT2D eigenvalue weighted by Crippen LogP contribution is 2.45. The van der Waals surface area contributed by atoms with E-state index in [0.29, 0.717) is 42.5 Å². The van der Waals surface area contributed by atoms with Crippen molar-refractivity contribution < 1.29 is 23.9 Å². The van der Waals surface area contributed by atoms with Crippen molar-refractivity contribution in [3.05, 3.63) is 23.4 Å². The van der Waals surface area contributed by atoms with Crippen molar-refractivity contribution in [1.29, 1.82) is 0 Å². The van der Waals surface area contributed by atoms with Crippen LogP contribution in [0.25, 0.3) is 11.0 Å². The van der Waals surface area contributed by atoms with Gasteiger partial charge in [0.15, 0.2) is 5.58 Å². The molecule has 2 fully saturated rings. The number of aryl methyl sites for hydroxylation is 1. The van der Waals surface area contributed by atoms with Crippen LogP contribution in [0.4, 0.5) is 4.79 Å². The minimum absolute atomic E-state index is 0.159. The van der Waals surface area contributed by atoms with Crippen LogP contribution in [0.15, 0.2) is 16.7 Å². The molecule has 7 heteroatoms. The minimum Gasteiger partial charge on any atom is -0.491 e. The number of carbonyl (C=O) groups is 1. The van der Waals surface area contributed by atoms with E-state index in [1.165, 1.54) is 0 Å². The quantitative estimate of drug-likeness (QED) is 0.611. The van der Waals surface area contributed by atoms with Gasteiger partial charge in [0.2, 0.25) is 0 Å². The number of terminal acetylenes is 1. The van der Waals surface area contributed by atoms with E-state index < -0.39 is 5.60 Å². The number of likely N-dealkylation sites (tertiary alicyclic amines) is 1. The predicted molar refractivity (Wildman–Crippen MR) is 125 cm³/mol. The number of benzene rings is 1. The number of aromatic nitrogens is 1. The predicted octanol–water partition coefficient (Wildman–Crippen LogP) is 4.69. The van der Waals surface area contributed by atoms with Crippen LogP contribution in [0.1, 0.15) is 64.1 Å². The largest absolute Gasteiger partial charge is 0.491 e. The van der Waals surface area contributed by atoms with Crippen LogP contribution in [-0.2, 0) is 17.8 Å². The first-order valence-corrected chi connectivity index (χ1v) is 11.8. The minimum atomic E-state index is -0.471. The van der Waals surface area contributed by atoms with Gasteiger partial charge in [0.05, 0.1) is 23.3 Å². The van der Waals surface area contributed by atoms with Crippen LogP contribution in [-0.4, -0.2) is 46.6 Å². The molecule has 1 aliphatic heterocycles. The monoisotopic (exact) mass is 454 g/mol. The van der Waals surface area contributed by atoms with E-state index in [0.717, 1.165) is 49.6 Å². The van der Waals surface area contributed by atoms with E-state index in [4.69, 9.17) is 20.4 Å². The Morgan fingerprint density at radius 2 is 2.06 bits per heavy atom. The lowest BCUT2D eigenvalue weighted by molar-refractivity contribution is 0.0181. The van der Waals surface area contributed by atoms with Crippen molar-refractivity contribution in [2.24, 2.45) is 11.3 Å². The Balaban J connectivity index is 1.34. The summed E-state index contributed by atoms with van der Waals surface area (Å²) in [4.78, 5) is 14.1. The lowest BCUT2D eigenvalue weighted by Crippen LogP contribution is -2.41. The molecule has 1 N–H and O–H groups in total. The molecule has 1 aromatic carbocycles. The Kier molecular flexibility index (Phi) is 6.58. The molecule has 0 bridgehead atoms. The number of amides is 1. The van der Waals surface area contributed by atoms with E-state index in [1.807, 2.05) is 32.9 Å². The SMILES string of the molecule is C#CC1(COc2ccc3c(CCC4CCN(C(=O)OC(C)(C)C)CC4)noc3c2CO)CC1. The molecule has 2 aliphatic rings. The van der Waals surface area contributed by atoms with Crippen LogP contribution in [0.3, 0.4) is 0 Å². The van der Waals surface area contributed by atoms with Gasteiger partial charge in [0.25, 0.3) is 0 Å². The van der Waals surface area contributed by atoms with Gasteiger partial charge in [-0.05, 0) is 77.3 Å². The lowest BCUT2D eigenvalue weighted by Gasteiger charge is -2.33. The molecule has 1 saturated carbocycles. The van der Waals surface area contributed by atoms with Gasteiger partial charge >= 0.3 is 6.09 Å². The van der Waals surface area contributed by atoms with E-state index >= 15 is 0 Å². The number of hydrogen-bond donors (Lipinski definition) is 1. The van der Waals surface area contributed by atoms with Gasteiger partial charge in [-0.3, -0.25) is 0 Å². The Morgan fingerprint density at radius 1 is 1.33 bits per heavy atom. The van der Waals surface area contributed by atoms with Crippen molar-refractivity contribution >= 4 is 17.1 Å². The van der Waals surface area contributed by atoms with Gasteiger partial charge < -0.3 is 24.0 Å². The summed E-state index contributed by atoms with van der Waals surface area (Å²) in [5.74, 6) is 3.94. The Labute approximate surface area is 195 Å². The van der Waals surface area contributed by atoms with Crippen molar-refractivity contribution in [3.8, 4) is 18.1 Å². The molecule has 178 valence electrons. The number of carbonyl (C=O) groups excluding carboxylic acids is 1. The van der Waals surface area contributed by atoms with Crippen molar-refractivity contribution in [1.82, 2.24) is 10.1 Å². The molecule has 33 heavy (non-hydrogen) atoms. The normalized spacial score (nSPS) is 18.2. The van der Waals surface area contributed by atoms with Gasteiger partial charge in [-0.15, -0.1) is 6.42 Å². The number of rotatable bonds is 7. The van der Waals surface area contributed by atoms with Crippen LogP contribution in [0.2, 0.25) is 0 Å². The highest BCUT2D eigenvalue weighted by atomic mass is 16.6. The molecule has 0 radical (unpaired) electrons. The van der Waals surface area contributed by atoms with Crippen molar-refractivity contribution in [2.45, 2.75) is 71.5 Å². The molecule has 0 unspecified atom stereocenters. The maximum Gasteiger partial charge on any atom is 0.410 e. The number of fused-ring (bicyclic) bond motifs is 1. The molecule has 1 aromatic heterocycles. The first kappa shape index (κ1) is 23.4. The summed E-state index contributed by atoms with van der Waals surface area (Å²) in [6.45, 7) is 7.36. The van der Waals surface area contributed by atoms with Gasteiger partial charge in [0, 0.05) is 18.5 Å². The number of nitrogens with zero attached hydrogens (tertiary/aromatic N) is 2. The zero-order valence-corrected chi connectivity index (χ0v) is 19.9. The number of aliphatic hydroxyl groups excluding tert-OH is 1. The number of piperidine rings is 1. The summed E-state index contributed by atoms with van der Waals surface area (Å²) >= 11 is 0. The van der Waals surface area contributed by atoms with Crippen LogP contribution in [0, 0.1) is 23.7 Å². The fourth-order valence-corrected chi connectivity index (χ4v) is 4.33. The molecule has 0 spiro atoms. The molecular formula is C26H34N2O5. The van der Waals surface area contributed by atoms with Gasteiger partial charge in [-0.25, -0.2) is 4.79 Å². The van der Waals surface area contributed by atoms with Gasteiger partial charge in [0.1, 0.15) is 18.0 Å². The van der Waals surface area contributed by atoms with Crippen molar-refractivity contribution in [2.75, 3.05) is 19.7 Å². The highest BCUT2D eigenvalue weighted by molar-refractivity contribution is 5.84. The van der Waals surface area contributed by atoms with Crippen LogP contribution < -0.4 is 4.74 Å². The summed E-state index contributed by atoms with van der Waals surface area (Å²) in [5.41, 5.74) is 1.46. The Hall–Kier alpha value is -2.72. The second kappa shape index (κ2) is 9.26. The molecule has 1 saturated heterocycles. The number of ether oxygens (including phenoxy) is 2. The zero-order chi connectivity index (χ0) is 23.6. The maximum atomic E-state index is 12.3. The van der Waals surface area contributed by atoms with E-state index in [-0.39, 0.29) is 18.1 Å². The summed E-state index contributed by atoms with van der Waals surface area (Å²) < 4.78 is 17.0. The molecule has 2 heterocycles. The second-order valence-corrected chi connectivity index (χ2v) is 10.4. The topological polar surface area (TPSA) is 85.0 Å². The zero-order valence-electron chi connectivity index (χ0n) is 19.9.